The van der Waals surface area contributed by atoms with Gasteiger partial charge in [0, 0.05) is 25.0 Å². The van der Waals surface area contributed by atoms with E-state index in [4.69, 9.17) is 4.74 Å². The van der Waals surface area contributed by atoms with Crippen LogP contribution >= 0.6 is 17.0 Å². The number of ether oxygens (including phenoxy) is 1. The first-order valence-electron chi connectivity index (χ1n) is 11.9. The molecule has 0 saturated carbocycles. The van der Waals surface area contributed by atoms with Crippen molar-refractivity contribution in [3.63, 3.8) is 0 Å². The third kappa shape index (κ3) is 9.20. The minimum Gasteiger partial charge on any atom is -0.493 e. The third-order valence-corrected chi connectivity index (χ3v) is 5.91. The van der Waals surface area contributed by atoms with Crippen molar-refractivity contribution in [2.45, 2.75) is 98.4 Å². The summed E-state index contributed by atoms with van der Waals surface area (Å²) in [5.74, 6) is 1.11. The molecule has 30 heavy (non-hydrogen) atoms. The molecule has 0 aliphatic heterocycles. The molecule has 3 heteroatoms. The molecule has 168 valence electrons. The van der Waals surface area contributed by atoms with Crippen molar-refractivity contribution in [1.29, 1.82) is 0 Å². The van der Waals surface area contributed by atoms with Crippen LogP contribution in [0.25, 0.3) is 0 Å². The first-order chi connectivity index (χ1) is 14.2. The van der Waals surface area contributed by atoms with Gasteiger partial charge in [0.2, 0.25) is 0 Å². The molecule has 0 N–H and O–H groups in total. The molecule has 0 saturated heterocycles. The fourth-order valence-corrected chi connectivity index (χ4v) is 3.83. The molecule has 0 amide bonds. The number of benzene rings is 1. The van der Waals surface area contributed by atoms with Crippen molar-refractivity contribution in [3.8, 4) is 5.75 Å². The highest BCUT2D eigenvalue weighted by molar-refractivity contribution is 8.93. The van der Waals surface area contributed by atoms with Crippen molar-refractivity contribution in [2.24, 2.45) is 0 Å². The maximum Gasteiger partial charge on any atom is 0.181 e. The molecule has 0 bridgehead atoms. The first-order valence-corrected chi connectivity index (χ1v) is 11.9. The fraction of sp³-hybridized carbons (Fsp3) is 0.593. The van der Waals surface area contributed by atoms with Crippen LogP contribution in [0, 0.1) is 13.8 Å². The molecule has 0 aliphatic carbocycles. The summed E-state index contributed by atoms with van der Waals surface area (Å²) in [5, 5.41) is 0. The highest BCUT2D eigenvalue weighted by Crippen LogP contribution is 2.24. The summed E-state index contributed by atoms with van der Waals surface area (Å²) in [6.45, 7) is 10.8. The molecule has 1 heterocycles. The van der Waals surface area contributed by atoms with E-state index in [1.807, 2.05) is 0 Å². The van der Waals surface area contributed by atoms with Gasteiger partial charge in [-0.25, -0.2) is 4.57 Å². The molecule has 0 atom stereocenters. The highest BCUT2D eigenvalue weighted by atomic mass is 79.9. The molecule has 2 aromatic rings. The van der Waals surface area contributed by atoms with Gasteiger partial charge < -0.3 is 4.74 Å². The highest BCUT2D eigenvalue weighted by Gasteiger charge is 2.09. The van der Waals surface area contributed by atoms with Crippen LogP contribution in [-0.4, -0.2) is 6.61 Å². The quantitative estimate of drug-likeness (QED) is 0.203. The number of aromatic nitrogens is 1. The Hall–Kier alpha value is -1.35. The summed E-state index contributed by atoms with van der Waals surface area (Å²) >= 11 is 0. The second-order valence-corrected chi connectivity index (χ2v) is 8.38. The van der Waals surface area contributed by atoms with Crippen molar-refractivity contribution in [3.05, 3.63) is 58.9 Å². The minimum absolute atomic E-state index is 0. The van der Waals surface area contributed by atoms with E-state index in [0.717, 1.165) is 38.2 Å². The first kappa shape index (κ1) is 26.7. The Kier molecular flexibility index (Phi) is 13.7. The number of halogens is 1. The predicted molar refractivity (Wildman–Crippen MR) is 134 cm³/mol. The van der Waals surface area contributed by atoms with Gasteiger partial charge >= 0.3 is 0 Å². The van der Waals surface area contributed by atoms with Crippen LogP contribution < -0.4 is 9.30 Å². The van der Waals surface area contributed by atoms with Crippen LogP contribution in [-0.2, 0) is 19.4 Å². The average molecular weight is 478 g/mol. The Balaban J connectivity index is 0.00000450. The molecule has 0 radical (unpaired) electrons. The number of unbranched alkanes of at least 4 members (excludes halogenated alkanes) is 5. The number of pyridine rings is 1. The van der Waals surface area contributed by atoms with Crippen molar-refractivity contribution in [1.82, 2.24) is 0 Å². The molecule has 0 spiro atoms. The lowest BCUT2D eigenvalue weighted by Gasteiger charge is -2.13. The van der Waals surface area contributed by atoms with E-state index in [2.05, 4.69) is 68.8 Å². The average Bonchev–Trinajstić information content (AvgIpc) is 2.72. The van der Waals surface area contributed by atoms with Gasteiger partial charge in [-0.1, -0.05) is 51.7 Å². The summed E-state index contributed by atoms with van der Waals surface area (Å²) in [6, 6.07) is 11.2. The topological polar surface area (TPSA) is 13.1 Å². The van der Waals surface area contributed by atoms with E-state index in [1.54, 1.807) is 0 Å². The second kappa shape index (κ2) is 15.5. The van der Waals surface area contributed by atoms with Crippen molar-refractivity contribution >= 4 is 17.0 Å². The number of hydrogen-bond donors (Lipinski definition) is 0. The Bertz CT molecular complexity index is 729. The zero-order valence-corrected chi connectivity index (χ0v) is 21.4. The Morgan fingerprint density at radius 1 is 0.833 bits per heavy atom. The Labute approximate surface area is 195 Å². The van der Waals surface area contributed by atoms with E-state index in [0.29, 0.717) is 0 Å². The molecule has 1 aromatic heterocycles. The number of nitrogens with zero attached hydrogens (tertiary/aromatic N) is 1. The lowest BCUT2D eigenvalue weighted by molar-refractivity contribution is -0.703. The van der Waals surface area contributed by atoms with Gasteiger partial charge in [-0.3, -0.25) is 0 Å². The SMILES string of the molecule is Br.CCCCCc1ccc(OCCCC[n+]2cccc(C)c2C)c(CCCCC)c1. The minimum atomic E-state index is 0. The van der Waals surface area contributed by atoms with E-state index in [-0.39, 0.29) is 17.0 Å². The summed E-state index contributed by atoms with van der Waals surface area (Å²) in [6.07, 6.45) is 14.5. The van der Waals surface area contributed by atoms with Gasteiger partial charge in [0.1, 0.15) is 12.3 Å². The Morgan fingerprint density at radius 3 is 2.30 bits per heavy atom. The van der Waals surface area contributed by atoms with Gasteiger partial charge in [-0.15, -0.1) is 17.0 Å². The zero-order chi connectivity index (χ0) is 20.9. The lowest BCUT2D eigenvalue weighted by atomic mass is 10.00. The van der Waals surface area contributed by atoms with Crippen LogP contribution in [0.1, 0.15) is 87.6 Å². The second-order valence-electron chi connectivity index (χ2n) is 8.38. The lowest BCUT2D eigenvalue weighted by Crippen LogP contribution is -2.37. The summed E-state index contributed by atoms with van der Waals surface area (Å²) in [4.78, 5) is 0. The summed E-state index contributed by atoms with van der Waals surface area (Å²) < 4.78 is 8.59. The van der Waals surface area contributed by atoms with Crippen LogP contribution in [0.4, 0.5) is 0 Å². The number of rotatable bonds is 14. The predicted octanol–water partition coefficient (Wildman–Crippen LogP) is 7.49. The largest absolute Gasteiger partial charge is 0.493 e. The fourth-order valence-electron chi connectivity index (χ4n) is 3.83. The van der Waals surface area contributed by atoms with Crippen LogP contribution in [0.5, 0.6) is 5.75 Å². The Morgan fingerprint density at radius 2 is 1.57 bits per heavy atom. The smallest absolute Gasteiger partial charge is 0.181 e. The van der Waals surface area contributed by atoms with Crippen molar-refractivity contribution < 1.29 is 9.30 Å². The van der Waals surface area contributed by atoms with Crippen LogP contribution in [0.2, 0.25) is 0 Å². The molecule has 1 aromatic carbocycles. The third-order valence-electron chi connectivity index (χ3n) is 5.91. The van der Waals surface area contributed by atoms with E-state index < -0.39 is 0 Å². The molecular weight excluding hydrogens is 434 g/mol. The molecule has 0 fully saturated rings. The standard InChI is InChI=1S/C27H42NO.BrH/c1-5-7-9-15-25-17-18-27(26(22-25)16-10-8-6-2)29-21-12-11-19-28-20-13-14-23(3)24(28)4;/h13-14,17-18,20,22H,5-12,15-16,19,21H2,1-4H3;1H/q+1;. The van der Waals surface area contributed by atoms with Gasteiger partial charge in [0.15, 0.2) is 11.9 Å². The van der Waals surface area contributed by atoms with Gasteiger partial charge in [0.05, 0.1) is 6.61 Å². The van der Waals surface area contributed by atoms with E-state index in [9.17, 15) is 0 Å². The van der Waals surface area contributed by atoms with Crippen molar-refractivity contribution in [2.75, 3.05) is 6.61 Å². The molecular formula is C27H43BrNO+. The van der Waals surface area contributed by atoms with E-state index in [1.165, 1.54) is 67.3 Å². The summed E-state index contributed by atoms with van der Waals surface area (Å²) in [7, 11) is 0. The molecule has 0 aliphatic rings. The molecule has 2 nitrogen and oxygen atoms in total. The van der Waals surface area contributed by atoms with Gasteiger partial charge in [-0.05, 0) is 62.3 Å². The molecule has 2 rings (SSSR count). The maximum absolute atomic E-state index is 6.23. The van der Waals surface area contributed by atoms with Crippen LogP contribution in [0.15, 0.2) is 36.5 Å². The van der Waals surface area contributed by atoms with E-state index >= 15 is 0 Å². The summed E-state index contributed by atoms with van der Waals surface area (Å²) in [5.41, 5.74) is 5.62. The van der Waals surface area contributed by atoms with Gasteiger partial charge in [-0.2, -0.15) is 0 Å². The monoisotopic (exact) mass is 476 g/mol. The maximum atomic E-state index is 6.23. The van der Waals surface area contributed by atoms with Crippen LogP contribution in [0.3, 0.4) is 0 Å². The number of hydrogen-bond acceptors (Lipinski definition) is 1. The number of aryl methyl sites for hydroxylation is 4. The molecule has 0 unspecified atom stereocenters. The van der Waals surface area contributed by atoms with Gasteiger partial charge in [0.25, 0.3) is 0 Å². The normalized spacial score (nSPS) is 10.7. The zero-order valence-electron chi connectivity index (χ0n) is 19.7.